The van der Waals surface area contributed by atoms with Crippen LogP contribution in [0.2, 0.25) is 0 Å². The molecule has 0 bridgehead atoms. The largest absolute Gasteiger partial charge is 0.480 e. The quantitative estimate of drug-likeness (QED) is 0.743. The number of carbonyl (C=O) groups is 2. The number of hydrogen-bond donors (Lipinski definition) is 3. The third-order valence-electron chi connectivity index (χ3n) is 2.86. The maximum Gasteiger partial charge on any atom is 0.325 e. The molecular formula is C15H21NO4. The van der Waals surface area contributed by atoms with Crippen molar-refractivity contribution in [3.05, 3.63) is 35.9 Å². The van der Waals surface area contributed by atoms with Crippen LogP contribution in [-0.4, -0.2) is 28.2 Å². The van der Waals surface area contributed by atoms with E-state index in [0.717, 1.165) is 0 Å². The Kier molecular flexibility index (Phi) is 5.27. The maximum absolute atomic E-state index is 11.4. The van der Waals surface area contributed by atoms with Gasteiger partial charge in [0.05, 0.1) is 0 Å². The summed E-state index contributed by atoms with van der Waals surface area (Å²) in [6.07, 6.45) is 0.346. The first-order valence-corrected chi connectivity index (χ1v) is 6.47. The molecule has 1 rings (SSSR count). The summed E-state index contributed by atoms with van der Waals surface area (Å²) in [4.78, 5) is 22.7. The van der Waals surface area contributed by atoms with E-state index in [4.69, 9.17) is 0 Å². The minimum atomic E-state index is -1.09. The highest BCUT2D eigenvalue weighted by molar-refractivity contribution is 5.78. The Morgan fingerprint density at radius 1 is 1.10 bits per heavy atom. The van der Waals surface area contributed by atoms with Gasteiger partial charge in [0, 0.05) is 0 Å². The zero-order chi connectivity index (χ0) is 15.3. The van der Waals surface area contributed by atoms with Crippen molar-refractivity contribution in [1.82, 2.24) is 5.32 Å². The Hall–Kier alpha value is -1.88. The van der Waals surface area contributed by atoms with E-state index in [0.29, 0.717) is 12.0 Å². The van der Waals surface area contributed by atoms with Crippen LogP contribution < -0.4 is 5.32 Å². The van der Waals surface area contributed by atoms with Crippen molar-refractivity contribution in [3.8, 4) is 0 Å². The zero-order valence-corrected chi connectivity index (χ0v) is 12.0. The smallest absolute Gasteiger partial charge is 0.325 e. The summed E-state index contributed by atoms with van der Waals surface area (Å²) in [5.41, 5.74) is 0.329. The molecule has 0 aliphatic heterocycles. The van der Waals surface area contributed by atoms with Crippen LogP contribution in [0.4, 0.5) is 0 Å². The Bertz CT molecular complexity index is 465. The van der Waals surface area contributed by atoms with Gasteiger partial charge in [-0.2, -0.15) is 0 Å². The second-order valence-corrected chi connectivity index (χ2v) is 6.00. The number of benzene rings is 1. The molecule has 0 aliphatic carbocycles. The van der Waals surface area contributed by atoms with Crippen LogP contribution in [0.5, 0.6) is 0 Å². The van der Waals surface area contributed by atoms with Gasteiger partial charge in [-0.05, 0) is 17.4 Å². The van der Waals surface area contributed by atoms with Gasteiger partial charge < -0.3 is 10.2 Å². The van der Waals surface area contributed by atoms with Crippen LogP contribution in [0.1, 0.15) is 38.8 Å². The SMILES string of the molecule is CC(C)(C)CC(NC(C(=O)O)c1ccccc1)C(=O)O. The van der Waals surface area contributed by atoms with Crippen LogP contribution in [0.3, 0.4) is 0 Å². The molecule has 2 unspecified atom stereocenters. The maximum atomic E-state index is 11.4. The Labute approximate surface area is 118 Å². The lowest BCUT2D eigenvalue weighted by atomic mass is 9.87. The molecule has 0 fully saturated rings. The highest BCUT2D eigenvalue weighted by Crippen LogP contribution is 2.23. The van der Waals surface area contributed by atoms with Crippen molar-refractivity contribution < 1.29 is 19.8 Å². The highest BCUT2D eigenvalue weighted by atomic mass is 16.4. The highest BCUT2D eigenvalue weighted by Gasteiger charge is 2.30. The summed E-state index contributed by atoms with van der Waals surface area (Å²) in [7, 11) is 0. The van der Waals surface area contributed by atoms with Gasteiger partial charge in [-0.1, -0.05) is 51.1 Å². The second-order valence-electron chi connectivity index (χ2n) is 6.00. The van der Waals surface area contributed by atoms with Gasteiger partial charge in [0.15, 0.2) is 0 Å². The minimum Gasteiger partial charge on any atom is -0.480 e. The normalized spacial score (nSPS) is 14.6. The predicted octanol–water partition coefficient (Wildman–Crippen LogP) is 2.29. The molecule has 0 aliphatic rings. The lowest BCUT2D eigenvalue weighted by Gasteiger charge is -2.26. The fourth-order valence-corrected chi connectivity index (χ4v) is 1.99. The molecule has 0 spiro atoms. The molecule has 1 aromatic carbocycles. The Balaban J connectivity index is 2.93. The van der Waals surface area contributed by atoms with Crippen LogP contribution in [0, 0.1) is 5.41 Å². The topological polar surface area (TPSA) is 86.6 Å². The molecular weight excluding hydrogens is 258 g/mol. The number of rotatable bonds is 6. The molecule has 0 aromatic heterocycles. The van der Waals surface area contributed by atoms with Gasteiger partial charge in [0.25, 0.3) is 0 Å². The average molecular weight is 279 g/mol. The summed E-state index contributed by atoms with van der Waals surface area (Å²) >= 11 is 0. The fourth-order valence-electron chi connectivity index (χ4n) is 1.99. The van der Waals surface area contributed by atoms with Gasteiger partial charge in [-0.3, -0.25) is 14.9 Å². The molecule has 0 saturated carbocycles. The van der Waals surface area contributed by atoms with E-state index in [-0.39, 0.29) is 5.41 Å². The number of nitrogens with one attached hydrogen (secondary N) is 1. The molecule has 110 valence electrons. The third kappa shape index (κ3) is 5.01. The van der Waals surface area contributed by atoms with Gasteiger partial charge in [0.2, 0.25) is 0 Å². The summed E-state index contributed by atoms with van der Waals surface area (Å²) in [5, 5.41) is 21.3. The number of hydrogen-bond acceptors (Lipinski definition) is 3. The van der Waals surface area contributed by atoms with E-state index in [9.17, 15) is 19.8 Å². The molecule has 2 atom stereocenters. The van der Waals surface area contributed by atoms with E-state index in [1.807, 2.05) is 20.8 Å². The number of carboxylic acid groups (broad SMARTS) is 2. The molecule has 0 amide bonds. The standard InChI is InChI=1S/C15H21NO4/c1-15(2,3)9-11(13(17)18)16-12(14(19)20)10-7-5-4-6-8-10/h4-8,11-12,16H,9H2,1-3H3,(H,17,18)(H,19,20). The first-order valence-electron chi connectivity index (χ1n) is 6.47. The van der Waals surface area contributed by atoms with E-state index < -0.39 is 24.0 Å². The predicted molar refractivity (Wildman–Crippen MR) is 75.5 cm³/mol. The van der Waals surface area contributed by atoms with Crippen LogP contribution in [-0.2, 0) is 9.59 Å². The van der Waals surface area contributed by atoms with Crippen LogP contribution >= 0.6 is 0 Å². The molecule has 20 heavy (non-hydrogen) atoms. The molecule has 0 radical (unpaired) electrons. The summed E-state index contributed by atoms with van der Waals surface area (Å²) in [5.74, 6) is -2.13. The van der Waals surface area contributed by atoms with Crippen molar-refractivity contribution in [1.29, 1.82) is 0 Å². The first kappa shape index (κ1) is 16.2. The number of aliphatic carboxylic acids is 2. The van der Waals surface area contributed by atoms with Crippen molar-refractivity contribution >= 4 is 11.9 Å². The van der Waals surface area contributed by atoms with Gasteiger partial charge >= 0.3 is 11.9 Å². The average Bonchev–Trinajstić information content (AvgIpc) is 2.33. The molecule has 5 nitrogen and oxygen atoms in total. The van der Waals surface area contributed by atoms with Crippen LogP contribution in [0.25, 0.3) is 0 Å². The Morgan fingerprint density at radius 3 is 2.05 bits per heavy atom. The van der Waals surface area contributed by atoms with Crippen molar-refractivity contribution in [2.45, 2.75) is 39.3 Å². The molecule has 5 heteroatoms. The molecule has 3 N–H and O–H groups in total. The fraction of sp³-hybridized carbons (Fsp3) is 0.467. The summed E-state index contributed by atoms with van der Waals surface area (Å²) in [6, 6.07) is 6.64. The number of carboxylic acids is 2. The molecule has 0 saturated heterocycles. The minimum absolute atomic E-state index is 0.213. The second kappa shape index (κ2) is 6.52. The van der Waals surface area contributed by atoms with Gasteiger partial charge in [-0.15, -0.1) is 0 Å². The Morgan fingerprint density at radius 2 is 1.65 bits per heavy atom. The molecule has 0 heterocycles. The zero-order valence-electron chi connectivity index (χ0n) is 12.0. The van der Waals surface area contributed by atoms with Gasteiger partial charge in [0.1, 0.15) is 12.1 Å². The lowest BCUT2D eigenvalue weighted by Crippen LogP contribution is -2.44. The van der Waals surface area contributed by atoms with Crippen molar-refractivity contribution in [2.24, 2.45) is 5.41 Å². The van der Waals surface area contributed by atoms with E-state index in [1.165, 1.54) is 0 Å². The first-order chi connectivity index (χ1) is 9.20. The van der Waals surface area contributed by atoms with E-state index >= 15 is 0 Å². The monoisotopic (exact) mass is 279 g/mol. The van der Waals surface area contributed by atoms with E-state index in [2.05, 4.69) is 5.32 Å². The van der Waals surface area contributed by atoms with Crippen LogP contribution in [0.15, 0.2) is 30.3 Å². The summed E-state index contributed by atoms with van der Waals surface area (Å²) < 4.78 is 0. The lowest BCUT2D eigenvalue weighted by molar-refractivity contribution is -0.143. The van der Waals surface area contributed by atoms with E-state index in [1.54, 1.807) is 30.3 Å². The van der Waals surface area contributed by atoms with Crippen molar-refractivity contribution in [3.63, 3.8) is 0 Å². The van der Waals surface area contributed by atoms with Crippen molar-refractivity contribution in [2.75, 3.05) is 0 Å². The molecule has 1 aromatic rings. The third-order valence-corrected chi connectivity index (χ3v) is 2.86. The summed E-state index contributed by atoms with van der Waals surface area (Å²) in [6.45, 7) is 5.76. The van der Waals surface area contributed by atoms with Gasteiger partial charge in [-0.25, -0.2) is 0 Å².